The van der Waals surface area contributed by atoms with Crippen molar-refractivity contribution >= 4 is 11.6 Å². The Morgan fingerprint density at radius 3 is 2.85 bits per heavy atom. The average Bonchev–Trinajstić information content (AvgIpc) is 2.98. The molecule has 1 fully saturated rings. The Bertz CT molecular complexity index is 414. The molecule has 1 atom stereocenters. The molecule has 1 heterocycles. The van der Waals surface area contributed by atoms with Gasteiger partial charge in [0.05, 0.1) is 12.7 Å². The van der Waals surface area contributed by atoms with Crippen molar-refractivity contribution in [1.29, 1.82) is 0 Å². The zero-order chi connectivity index (χ0) is 14.2. The highest BCUT2D eigenvalue weighted by Gasteiger charge is 2.15. The second-order valence-corrected chi connectivity index (χ2v) is 4.91. The van der Waals surface area contributed by atoms with Crippen LogP contribution in [0.5, 0.6) is 0 Å². The number of benzene rings is 1. The van der Waals surface area contributed by atoms with E-state index in [1.807, 2.05) is 24.3 Å². The first-order valence-corrected chi connectivity index (χ1v) is 7.06. The van der Waals surface area contributed by atoms with Crippen LogP contribution in [0.1, 0.15) is 24.8 Å². The van der Waals surface area contributed by atoms with E-state index in [1.54, 1.807) is 0 Å². The van der Waals surface area contributed by atoms with Crippen molar-refractivity contribution in [2.45, 2.75) is 31.9 Å². The lowest BCUT2D eigenvalue weighted by Crippen LogP contribution is -2.16. The topological polar surface area (TPSA) is 73.6 Å². The Balaban J connectivity index is 1.61. The van der Waals surface area contributed by atoms with Gasteiger partial charge >= 0.3 is 0 Å². The van der Waals surface area contributed by atoms with Crippen LogP contribution in [0, 0.1) is 0 Å². The third-order valence-corrected chi connectivity index (χ3v) is 3.26. The number of carbonyl (C=O) groups excluding carboxylic acids is 1. The fourth-order valence-electron chi connectivity index (χ4n) is 2.07. The summed E-state index contributed by atoms with van der Waals surface area (Å²) in [4.78, 5) is 11.7. The maximum absolute atomic E-state index is 11.7. The molecule has 0 aliphatic carbocycles. The van der Waals surface area contributed by atoms with Crippen LogP contribution in [0.2, 0.25) is 0 Å². The number of anilines is 1. The molecule has 1 aromatic carbocycles. The summed E-state index contributed by atoms with van der Waals surface area (Å²) in [6.45, 7) is 2.58. The smallest absolute Gasteiger partial charge is 0.224 e. The van der Waals surface area contributed by atoms with Crippen molar-refractivity contribution in [2.75, 3.05) is 25.1 Å². The number of rotatable bonds is 7. The minimum absolute atomic E-state index is 0.0109. The Labute approximate surface area is 119 Å². The summed E-state index contributed by atoms with van der Waals surface area (Å²) >= 11 is 0. The Kier molecular flexibility index (Phi) is 5.98. The fraction of sp³-hybridized carbons (Fsp3) is 0.533. The van der Waals surface area contributed by atoms with Gasteiger partial charge in [-0.3, -0.25) is 4.79 Å². The summed E-state index contributed by atoms with van der Waals surface area (Å²) in [5.41, 5.74) is 7.38. The summed E-state index contributed by atoms with van der Waals surface area (Å²) < 4.78 is 10.8. The summed E-state index contributed by atoms with van der Waals surface area (Å²) in [6.07, 6.45) is 2.36. The van der Waals surface area contributed by atoms with E-state index in [0.29, 0.717) is 26.2 Å². The second-order valence-electron chi connectivity index (χ2n) is 4.91. The lowest BCUT2D eigenvalue weighted by molar-refractivity contribution is -0.116. The van der Waals surface area contributed by atoms with Gasteiger partial charge in [0.1, 0.15) is 0 Å². The number of carbonyl (C=O) groups is 1. The van der Waals surface area contributed by atoms with E-state index in [9.17, 15) is 4.79 Å². The Morgan fingerprint density at radius 2 is 2.20 bits per heavy atom. The van der Waals surface area contributed by atoms with E-state index in [4.69, 9.17) is 15.2 Å². The van der Waals surface area contributed by atoms with Gasteiger partial charge in [-0.2, -0.15) is 0 Å². The van der Waals surface area contributed by atoms with E-state index in [2.05, 4.69) is 5.32 Å². The van der Waals surface area contributed by atoms with Gasteiger partial charge in [-0.1, -0.05) is 12.1 Å². The predicted octanol–water partition coefficient (Wildman–Crippen LogP) is 1.67. The van der Waals surface area contributed by atoms with Crippen LogP contribution in [0.15, 0.2) is 24.3 Å². The lowest BCUT2D eigenvalue weighted by atomic mass is 10.2. The number of hydrogen-bond acceptors (Lipinski definition) is 4. The molecule has 3 N–H and O–H groups in total. The van der Waals surface area contributed by atoms with Gasteiger partial charge in [-0.05, 0) is 30.5 Å². The van der Waals surface area contributed by atoms with Crippen LogP contribution in [-0.4, -0.2) is 31.8 Å². The Hall–Kier alpha value is -1.43. The lowest BCUT2D eigenvalue weighted by Gasteiger charge is -2.09. The summed E-state index contributed by atoms with van der Waals surface area (Å²) in [7, 11) is 0. The molecule has 1 saturated heterocycles. The summed E-state index contributed by atoms with van der Waals surface area (Å²) in [6, 6.07) is 7.57. The number of hydrogen-bond donors (Lipinski definition) is 2. The number of nitrogens with two attached hydrogens (primary N) is 1. The molecule has 5 nitrogen and oxygen atoms in total. The first kappa shape index (κ1) is 15.0. The average molecular weight is 278 g/mol. The molecule has 0 radical (unpaired) electrons. The van der Waals surface area contributed by atoms with Crippen molar-refractivity contribution in [2.24, 2.45) is 5.73 Å². The van der Waals surface area contributed by atoms with Gasteiger partial charge in [-0.25, -0.2) is 0 Å². The zero-order valence-corrected chi connectivity index (χ0v) is 11.6. The van der Waals surface area contributed by atoms with E-state index in [-0.39, 0.29) is 12.0 Å². The minimum Gasteiger partial charge on any atom is -0.379 e. The maximum Gasteiger partial charge on any atom is 0.224 e. The molecule has 1 amide bonds. The number of amides is 1. The molecule has 1 unspecified atom stereocenters. The Morgan fingerprint density at radius 1 is 1.40 bits per heavy atom. The van der Waals surface area contributed by atoms with Crippen molar-refractivity contribution in [3.8, 4) is 0 Å². The quantitative estimate of drug-likeness (QED) is 0.744. The van der Waals surface area contributed by atoms with Crippen molar-refractivity contribution in [3.63, 3.8) is 0 Å². The number of nitrogens with one attached hydrogen (secondary N) is 1. The standard InChI is InChI=1S/C15H22N2O3/c16-10-12-3-5-13(6-4-12)17-15(18)2-1-8-20-14-7-9-19-11-14/h3-6,14H,1-2,7-11,16H2,(H,17,18). The summed E-state index contributed by atoms with van der Waals surface area (Å²) in [5.74, 6) is 0.0109. The first-order valence-electron chi connectivity index (χ1n) is 7.06. The highest BCUT2D eigenvalue weighted by atomic mass is 16.5. The fourth-order valence-corrected chi connectivity index (χ4v) is 2.07. The molecular weight excluding hydrogens is 256 g/mol. The molecule has 1 aliphatic rings. The van der Waals surface area contributed by atoms with Gasteiger partial charge in [0.2, 0.25) is 5.91 Å². The molecule has 1 aliphatic heterocycles. The molecular formula is C15H22N2O3. The highest BCUT2D eigenvalue weighted by Crippen LogP contribution is 2.11. The predicted molar refractivity (Wildman–Crippen MR) is 77.4 cm³/mol. The summed E-state index contributed by atoms with van der Waals surface area (Å²) in [5, 5.41) is 2.86. The van der Waals surface area contributed by atoms with Crippen LogP contribution < -0.4 is 11.1 Å². The van der Waals surface area contributed by atoms with E-state index >= 15 is 0 Å². The van der Waals surface area contributed by atoms with Crippen molar-refractivity contribution in [3.05, 3.63) is 29.8 Å². The largest absolute Gasteiger partial charge is 0.379 e. The van der Waals surface area contributed by atoms with Gasteiger partial charge in [-0.15, -0.1) is 0 Å². The minimum atomic E-state index is 0.0109. The maximum atomic E-state index is 11.7. The second kappa shape index (κ2) is 7.99. The third-order valence-electron chi connectivity index (χ3n) is 3.26. The van der Waals surface area contributed by atoms with E-state index in [0.717, 1.165) is 30.7 Å². The molecule has 1 aromatic rings. The van der Waals surface area contributed by atoms with Crippen LogP contribution in [-0.2, 0) is 20.8 Å². The van der Waals surface area contributed by atoms with Gasteiger partial charge in [0.15, 0.2) is 0 Å². The molecule has 0 bridgehead atoms. The van der Waals surface area contributed by atoms with Crippen LogP contribution in [0.25, 0.3) is 0 Å². The molecule has 0 aromatic heterocycles. The first-order chi connectivity index (χ1) is 9.78. The highest BCUT2D eigenvalue weighted by molar-refractivity contribution is 5.90. The molecule has 20 heavy (non-hydrogen) atoms. The monoisotopic (exact) mass is 278 g/mol. The van der Waals surface area contributed by atoms with E-state index in [1.165, 1.54) is 0 Å². The third kappa shape index (κ3) is 4.92. The van der Waals surface area contributed by atoms with E-state index < -0.39 is 0 Å². The molecule has 5 heteroatoms. The molecule has 2 rings (SSSR count). The van der Waals surface area contributed by atoms with Crippen molar-refractivity contribution in [1.82, 2.24) is 0 Å². The van der Waals surface area contributed by atoms with Gasteiger partial charge in [0.25, 0.3) is 0 Å². The van der Waals surface area contributed by atoms with Crippen LogP contribution in [0.3, 0.4) is 0 Å². The SMILES string of the molecule is NCc1ccc(NC(=O)CCCOC2CCOC2)cc1. The molecule has 0 spiro atoms. The van der Waals surface area contributed by atoms with Crippen molar-refractivity contribution < 1.29 is 14.3 Å². The zero-order valence-electron chi connectivity index (χ0n) is 11.6. The van der Waals surface area contributed by atoms with Gasteiger partial charge in [0, 0.05) is 31.9 Å². The molecule has 110 valence electrons. The van der Waals surface area contributed by atoms with Crippen LogP contribution >= 0.6 is 0 Å². The molecule has 0 saturated carbocycles. The number of ether oxygens (including phenoxy) is 2. The van der Waals surface area contributed by atoms with Gasteiger partial charge < -0.3 is 20.5 Å². The normalized spacial score (nSPS) is 18.1. The van der Waals surface area contributed by atoms with Crippen LogP contribution in [0.4, 0.5) is 5.69 Å².